The van der Waals surface area contributed by atoms with Gasteiger partial charge in [0.05, 0.1) is 7.11 Å². The summed E-state index contributed by atoms with van der Waals surface area (Å²) in [7, 11) is 3.36. The Balaban J connectivity index is 2.12. The third-order valence-electron chi connectivity index (χ3n) is 3.61. The first-order valence-electron chi connectivity index (χ1n) is 6.94. The lowest BCUT2D eigenvalue weighted by Gasteiger charge is -2.31. The zero-order valence-corrected chi connectivity index (χ0v) is 13.1. The summed E-state index contributed by atoms with van der Waals surface area (Å²) in [6.07, 6.45) is 4.80. The number of hydrogen-bond donors (Lipinski definition) is 1. The maximum absolute atomic E-state index is 12.3. The summed E-state index contributed by atoms with van der Waals surface area (Å²) >= 11 is 1.55. The molecule has 1 saturated carbocycles. The van der Waals surface area contributed by atoms with Gasteiger partial charge in [-0.1, -0.05) is 18.7 Å². The standard InChI is InChI=1S/C13H22N4O2S/c1-4-7-14-13(10-5-6-10,11(18)19-3)8-20-12-16-15-9-17(12)2/h9-10,14H,4-8H2,1-3H3. The fourth-order valence-corrected chi connectivity index (χ4v) is 3.47. The molecule has 1 atom stereocenters. The number of thioether (sulfide) groups is 1. The number of carbonyl (C=O) groups excluding carboxylic acids is 1. The highest BCUT2D eigenvalue weighted by Gasteiger charge is 2.51. The van der Waals surface area contributed by atoms with Crippen LogP contribution in [0.25, 0.3) is 0 Å². The second-order valence-corrected chi connectivity index (χ2v) is 6.12. The zero-order valence-electron chi connectivity index (χ0n) is 12.3. The minimum Gasteiger partial charge on any atom is -0.468 e. The van der Waals surface area contributed by atoms with Gasteiger partial charge in [-0.3, -0.25) is 4.79 Å². The van der Waals surface area contributed by atoms with Crippen molar-refractivity contribution in [3.63, 3.8) is 0 Å². The van der Waals surface area contributed by atoms with E-state index < -0.39 is 5.54 Å². The average Bonchev–Trinajstić information content (AvgIpc) is 3.23. The summed E-state index contributed by atoms with van der Waals surface area (Å²) in [4.78, 5) is 12.3. The molecular weight excluding hydrogens is 276 g/mol. The maximum Gasteiger partial charge on any atom is 0.327 e. The summed E-state index contributed by atoms with van der Waals surface area (Å²) in [6.45, 7) is 2.91. The predicted molar refractivity (Wildman–Crippen MR) is 77.5 cm³/mol. The van der Waals surface area contributed by atoms with Crippen molar-refractivity contribution in [1.82, 2.24) is 20.1 Å². The van der Waals surface area contributed by atoms with Gasteiger partial charge in [-0.15, -0.1) is 10.2 Å². The number of rotatable bonds is 8. The van der Waals surface area contributed by atoms with Gasteiger partial charge in [-0.2, -0.15) is 0 Å². The summed E-state index contributed by atoms with van der Waals surface area (Å²) in [5, 5.41) is 12.2. The number of nitrogens with zero attached hydrogens (tertiary/aromatic N) is 3. The number of carbonyl (C=O) groups is 1. The molecule has 0 aromatic carbocycles. The van der Waals surface area contributed by atoms with E-state index in [1.807, 2.05) is 11.6 Å². The molecule has 1 unspecified atom stereocenters. The molecule has 7 heteroatoms. The van der Waals surface area contributed by atoms with Crippen LogP contribution in [0.15, 0.2) is 11.5 Å². The molecule has 1 aromatic heterocycles. The molecule has 1 heterocycles. The van der Waals surface area contributed by atoms with Crippen LogP contribution in [0.1, 0.15) is 26.2 Å². The highest BCUT2D eigenvalue weighted by Crippen LogP contribution is 2.43. The van der Waals surface area contributed by atoms with Gasteiger partial charge in [0.25, 0.3) is 0 Å². The Morgan fingerprint density at radius 1 is 1.65 bits per heavy atom. The quantitative estimate of drug-likeness (QED) is 0.575. The Kier molecular flexibility index (Phi) is 5.04. The number of methoxy groups -OCH3 is 1. The Morgan fingerprint density at radius 3 is 2.90 bits per heavy atom. The van der Waals surface area contributed by atoms with Crippen LogP contribution in [0.4, 0.5) is 0 Å². The lowest BCUT2D eigenvalue weighted by atomic mass is 9.95. The van der Waals surface area contributed by atoms with Gasteiger partial charge >= 0.3 is 5.97 Å². The smallest absolute Gasteiger partial charge is 0.327 e. The molecule has 0 spiro atoms. The molecular formula is C13H22N4O2S. The van der Waals surface area contributed by atoms with E-state index >= 15 is 0 Å². The Hall–Kier alpha value is -1.08. The van der Waals surface area contributed by atoms with E-state index in [0.717, 1.165) is 31.0 Å². The molecule has 20 heavy (non-hydrogen) atoms. The number of esters is 1. The van der Waals surface area contributed by atoms with Gasteiger partial charge in [0.15, 0.2) is 5.16 Å². The van der Waals surface area contributed by atoms with E-state index in [9.17, 15) is 4.79 Å². The molecule has 0 bridgehead atoms. The molecule has 1 fully saturated rings. The van der Waals surface area contributed by atoms with E-state index in [1.54, 1.807) is 18.1 Å². The summed E-state index contributed by atoms with van der Waals surface area (Å²) in [5.41, 5.74) is -0.596. The molecule has 0 radical (unpaired) electrons. The van der Waals surface area contributed by atoms with Crippen LogP contribution in [0.3, 0.4) is 0 Å². The number of nitrogens with one attached hydrogen (secondary N) is 1. The van der Waals surface area contributed by atoms with E-state index in [2.05, 4.69) is 22.4 Å². The van der Waals surface area contributed by atoms with Crippen LogP contribution in [-0.4, -0.2) is 45.7 Å². The number of aromatic nitrogens is 3. The molecule has 1 aromatic rings. The third-order valence-corrected chi connectivity index (χ3v) is 4.84. The van der Waals surface area contributed by atoms with Crippen LogP contribution in [0, 0.1) is 5.92 Å². The molecule has 1 N–H and O–H groups in total. The lowest BCUT2D eigenvalue weighted by Crippen LogP contribution is -2.57. The number of aryl methyl sites for hydroxylation is 1. The maximum atomic E-state index is 12.3. The number of hydrogen-bond acceptors (Lipinski definition) is 6. The highest BCUT2D eigenvalue weighted by molar-refractivity contribution is 7.99. The van der Waals surface area contributed by atoms with E-state index in [-0.39, 0.29) is 5.97 Å². The summed E-state index contributed by atoms with van der Waals surface area (Å²) in [5.74, 6) is 0.821. The first-order chi connectivity index (χ1) is 9.64. The van der Waals surface area contributed by atoms with Gasteiger partial charge in [0, 0.05) is 12.8 Å². The largest absolute Gasteiger partial charge is 0.468 e. The van der Waals surface area contributed by atoms with Gasteiger partial charge in [-0.05, 0) is 31.7 Å². The van der Waals surface area contributed by atoms with Crippen molar-refractivity contribution in [3.05, 3.63) is 6.33 Å². The molecule has 2 rings (SSSR count). The summed E-state index contributed by atoms with van der Waals surface area (Å²) in [6, 6.07) is 0. The monoisotopic (exact) mass is 298 g/mol. The first kappa shape index (κ1) is 15.3. The Labute approximate surface area is 123 Å². The van der Waals surface area contributed by atoms with E-state index in [1.165, 1.54) is 7.11 Å². The first-order valence-corrected chi connectivity index (χ1v) is 7.93. The average molecular weight is 298 g/mol. The second kappa shape index (κ2) is 6.58. The Morgan fingerprint density at radius 2 is 2.40 bits per heavy atom. The van der Waals surface area contributed by atoms with Crippen molar-refractivity contribution in [3.8, 4) is 0 Å². The van der Waals surface area contributed by atoms with E-state index in [4.69, 9.17) is 4.74 Å². The Bertz CT molecular complexity index is 461. The lowest BCUT2D eigenvalue weighted by molar-refractivity contribution is -0.148. The topological polar surface area (TPSA) is 69.0 Å². The van der Waals surface area contributed by atoms with Crippen molar-refractivity contribution in [2.24, 2.45) is 13.0 Å². The minimum atomic E-state index is -0.596. The second-order valence-electron chi connectivity index (χ2n) is 5.18. The predicted octanol–water partition coefficient (Wildman–Crippen LogP) is 1.23. The normalized spacial score (nSPS) is 17.8. The van der Waals surface area contributed by atoms with E-state index in [0.29, 0.717) is 11.7 Å². The van der Waals surface area contributed by atoms with Crippen LogP contribution >= 0.6 is 11.8 Å². The van der Waals surface area contributed by atoms with Gasteiger partial charge < -0.3 is 14.6 Å². The van der Waals surface area contributed by atoms with Crippen LogP contribution in [0.5, 0.6) is 0 Å². The van der Waals surface area contributed by atoms with Gasteiger partial charge in [0.2, 0.25) is 0 Å². The molecule has 1 aliphatic rings. The van der Waals surface area contributed by atoms with Crippen molar-refractivity contribution in [2.45, 2.75) is 36.9 Å². The third kappa shape index (κ3) is 3.15. The van der Waals surface area contributed by atoms with Gasteiger partial charge in [0.1, 0.15) is 11.9 Å². The number of ether oxygens (including phenoxy) is 1. The molecule has 0 amide bonds. The highest BCUT2D eigenvalue weighted by atomic mass is 32.2. The van der Waals surface area contributed by atoms with Crippen molar-refractivity contribution in [1.29, 1.82) is 0 Å². The van der Waals surface area contributed by atoms with Crippen molar-refractivity contribution < 1.29 is 9.53 Å². The minimum absolute atomic E-state index is 0.164. The molecule has 1 aliphatic carbocycles. The van der Waals surface area contributed by atoms with Crippen molar-refractivity contribution in [2.75, 3.05) is 19.4 Å². The van der Waals surface area contributed by atoms with Gasteiger partial charge in [-0.25, -0.2) is 0 Å². The SMILES string of the molecule is CCCNC(CSc1nncn1C)(C(=O)OC)C1CC1. The fourth-order valence-electron chi connectivity index (χ4n) is 2.30. The van der Waals surface area contributed by atoms with Crippen LogP contribution in [-0.2, 0) is 16.6 Å². The van der Waals surface area contributed by atoms with Crippen LogP contribution < -0.4 is 5.32 Å². The summed E-state index contributed by atoms with van der Waals surface area (Å²) < 4.78 is 6.92. The zero-order chi connectivity index (χ0) is 14.6. The molecule has 112 valence electrons. The molecule has 6 nitrogen and oxygen atoms in total. The molecule has 0 aliphatic heterocycles. The molecule has 0 saturated heterocycles. The fraction of sp³-hybridized carbons (Fsp3) is 0.769. The van der Waals surface area contributed by atoms with Crippen molar-refractivity contribution >= 4 is 17.7 Å². The van der Waals surface area contributed by atoms with Crippen LogP contribution in [0.2, 0.25) is 0 Å².